The standard InChI is InChI=1S/C13H20N2/c1-13(2,3)15-12-5-4-11-9-14-7-6-10(11)8-12/h4-5,8,14-15H,6-7,9H2,1-3H3. The van der Waals surface area contributed by atoms with E-state index in [1.54, 1.807) is 0 Å². The Morgan fingerprint density at radius 3 is 2.73 bits per heavy atom. The monoisotopic (exact) mass is 204 g/mol. The van der Waals surface area contributed by atoms with Crippen molar-refractivity contribution in [3.05, 3.63) is 29.3 Å². The lowest BCUT2D eigenvalue weighted by Crippen LogP contribution is -2.27. The van der Waals surface area contributed by atoms with Crippen molar-refractivity contribution in [2.75, 3.05) is 11.9 Å². The second-order valence-corrected chi connectivity index (χ2v) is 5.29. The minimum absolute atomic E-state index is 0.140. The minimum Gasteiger partial charge on any atom is -0.380 e. The third-order valence-electron chi connectivity index (χ3n) is 2.61. The van der Waals surface area contributed by atoms with Crippen molar-refractivity contribution in [3.63, 3.8) is 0 Å². The van der Waals surface area contributed by atoms with Crippen LogP contribution in [0.4, 0.5) is 5.69 Å². The second-order valence-electron chi connectivity index (χ2n) is 5.29. The zero-order valence-corrected chi connectivity index (χ0v) is 9.85. The molecule has 2 nitrogen and oxygen atoms in total. The van der Waals surface area contributed by atoms with Gasteiger partial charge >= 0.3 is 0 Å². The highest BCUT2D eigenvalue weighted by Crippen LogP contribution is 2.21. The first-order valence-corrected chi connectivity index (χ1v) is 5.65. The van der Waals surface area contributed by atoms with Crippen LogP contribution in [0.15, 0.2) is 18.2 Å². The van der Waals surface area contributed by atoms with E-state index in [0.29, 0.717) is 0 Å². The number of fused-ring (bicyclic) bond motifs is 1. The van der Waals surface area contributed by atoms with Crippen LogP contribution in [0.5, 0.6) is 0 Å². The molecular weight excluding hydrogens is 184 g/mol. The van der Waals surface area contributed by atoms with Crippen molar-refractivity contribution in [1.29, 1.82) is 0 Å². The molecule has 0 saturated carbocycles. The summed E-state index contributed by atoms with van der Waals surface area (Å²) in [5, 5.41) is 6.90. The Bertz CT molecular complexity index is 350. The van der Waals surface area contributed by atoms with Crippen molar-refractivity contribution in [2.45, 2.75) is 39.3 Å². The average Bonchev–Trinajstić information content (AvgIpc) is 2.15. The lowest BCUT2D eigenvalue weighted by atomic mass is 9.99. The summed E-state index contributed by atoms with van der Waals surface area (Å²) < 4.78 is 0. The molecule has 0 atom stereocenters. The predicted molar refractivity (Wildman–Crippen MR) is 65.2 cm³/mol. The van der Waals surface area contributed by atoms with E-state index in [1.807, 2.05) is 0 Å². The molecule has 1 heterocycles. The van der Waals surface area contributed by atoms with Crippen LogP contribution < -0.4 is 10.6 Å². The summed E-state index contributed by atoms with van der Waals surface area (Å²) in [4.78, 5) is 0. The topological polar surface area (TPSA) is 24.1 Å². The number of hydrogen-bond acceptors (Lipinski definition) is 2. The molecule has 0 unspecified atom stereocenters. The second kappa shape index (κ2) is 3.86. The van der Waals surface area contributed by atoms with Gasteiger partial charge in [-0.3, -0.25) is 0 Å². The lowest BCUT2D eigenvalue weighted by Gasteiger charge is -2.24. The van der Waals surface area contributed by atoms with Gasteiger partial charge < -0.3 is 10.6 Å². The fourth-order valence-electron chi connectivity index (χ4n) is 1.99. The molecule has 2 heteroatoms. The molecule has 0 aromatic heterocycles. The number of benzene rings is 1. The van der Waals surface area contributed by atoms with Crippen molar-refractivity contribution >= 4 is 5.69 Å². The Hall–Kier alpha value is -1.02. The Balaban J connectivity index is 2.21. The zero-order chi connectivity index (χ0) is 10.9. The quantitative estimate of drug-likeness (QED) is 0.734. The lowest BCUT2D eigenvalue weighted by molar-refractivity contribution is 0.629. The average molecular weight is 204 g/mol. The molecule has 15 heavy (non-hydrogen) atoms. The van der Waals surface area contributed by atoms with Crippen LogP contribution in [0.2, 0.25) is 0 Å². The summed E-state index contributed by atoms with van der Waals surface area (Å²) in [5.41, 5.74) is 4.31. The van der Waals surface area contributed by atoms with E-state index >= 15 is 0 Å². The van der Waals surface area contributed by atoms with E-state index in [9.17, 15) is 0 Å². The number of rotatable bonds is 1. The van der Waals surface area contributed by atoms with E-state index in [2.05, 4.69) is 49.6 Å². The van der Waals surface area contributed by atoms with Gasteiger partial charge in [-0.1, -0.05) is 6.07 Å². The van der Waals surface area contributed by atoms with E-state index in [0.717, 1.165) is 19.5 Å². The van der Waals surface area contributed by atoms with Gasteiger partial charge in [0.1, 0.15) is 0 Å². The zero-order valence-electron chi connectivity index (χ0n) is 9.85. The fourth-order valence-corrected chi connectivity index (χ4v) is 1.99. The highest BCUT2D eigenvalue weighted by Gasteiger charge is 2.12. The Kier molecular flexibility index (Phi) is 2.70. The minimum atomic E-state index is 0.140. The molecule has 0 spiro atoms. The van der Waals surface area contributed by atoms with Crippen molar-refractivity contribution < 1.29 is 0 Å². The van der Waals surface area contributed by atoms with Crippen molar-refractivity contribution in [3.8, 4) is 0 Å². The summed E-state index contributed by atoms with van der Waals surface area (Å²) in [7, 11) is 0. The molecular formula is C13H20N2. The molecule has 0 amide bonds. The molecule has 0 fully saturated rings. The first kappa shape index (κ1) is 10.5. The summed E-state index contributed by atoms with van der Waals surface area (Å²) in [6.07, 6.45) is 1.15. The molecule has 0 bridgehead atoms. The van der Waals surface area contributed by atoms with Gasteiger partial charge in [-0.25, -0.2) is 0 Å². The van der Waals surface area contributed by atoms with Crippen molar-refractivity contribution in [1.82, 2.24) is 5.32 Å². The molecule has 1 aliphatic rings. The first-order valence-electron chi connectivity index (χ1n) is 5.65. The van der Waals surface area contributed by atoms with Gasteiger partial charge in [0, 0.05) is 17.8 Å². The molecule has 1 aromatic carbocycles. The van der Waals surface area contributed by atoms with Crippen LogP contribution in [0.3, 0.4) is 0 Å². The maximum Gasteiger partial charge on any atom is 0.0347 e. The van der Waals surface area contributed by atoms with Crippen LogP contribution >= 0.6 is 0 Å². The van der Waals surface area contributed by atoms with E-state index < -0.39 is 0 Å². The van der Waals surface area contributed by atoms with Gasteiger partial charge in [-0.05, 0) is 57.0 Å². The normalized spacial score (nSPS) is 15.9. The van der Waals surface area contributed by atoms with Crippen LogP contribution in [-0.4, -0.2) is 12.1 Å². The summed E-state index contributed by atoms with van der Waals surface area (Å²) in [6, 6.07) is 6.70. The van der Waals surface area contributed by atoms with Gasteiger partial charge in [0.05, 0.1) is 0 Å². The molecule has 1 aliphatic heterocycles. The Morgan fingerprint density at radius 2 is 2.00 bits per heavy atom. The molecule has 0 radical (unpaired) electrons. The van der Waals surface area contributed by atoms with Gasteiger partial charge in [0.25, 0.3) is 0 Å². The molecule has 82 valence electrons. The van der Waals surface area contributed by atoms with E-state index in [4.69, 9.17) is 0 Å². The Labute approximate surface area is 92.1 Å². The molecule has 2 rings (SSSR count). The molecule has 2 N–H and O–H groups in total. The SMILES string of the molecule is CC(C)(C)Nc1ccc2c(c1)CCNC2. The van der Waals surface area contributed by atoms with Gasteiger partial charge in [0.2, 0.25) is 0 Å². The number of anilines is 1. The van der Waals surface area contributed by atoms with Gasteiger partial charge in [-0.15, -0.1) is 0 Å². The summed E-state index contributed by atoms with van der Waals surface area (Å²) in [6.45, 7) is 8.69. The molecule has 0 aliphatic carbocycles. The number of nitrogens with one attached hydrogen (secondary N) is 2. The third-order valence-corrected chi connectivity index (χ3v) is 2.61. The predicted octanol–water partition coefficient (Wildman–Crippen LogP) is 2.54. The maximum atomic E-state index is 3.51. The van der Waals surface area contributed by atoms with Crippen LogP contribution in [0.25, 0.3) is 0 Å². The smallest absolute Gasteiger partial charge is 0.0347 e. The Morgan fingerprint density at radius 1 is 1.20 bits per heavy atom. The molecule has 1 aromatic rings. The largest absolute Gasteiger partial charge is 0.380 e. The van der Waals surface area contributed by atoms with Crippen LogP contribution in [-0.2, 0) is 13.0 Å². The van der Waals surface area contributed by atoms with E-state index in [1.165, 1.54) is 16.8 Å². The summed E-state index contributed by atoms with van der Waals surface area (Å²) in [5.74, 6) is 0. The number of hydrogen-bond donors (Lipinski definition) is 2. The van der Waals surface area contributed by atoms with Crippen molar-refractivity contribution in [2.24, 2.45) is 0 Å². The third kappa shape index (κ3) is 2.72. The highest BCUT2D eigenvalue weighted by molar-refractivity contribution is 5.50. The van der Waals surface area contributed by atoms with Gasteiger partial charge in [-0.2, -0.15) is 0 Å². The van der Waals surface area contributed by atoms with E-state index in [-0.39, 0.29) is 5.54 Å². The van der Waals surface area contributed by atoms with Crippen LogP contribution in [0, 0.1) is 0 Å². The fraction of sp³-hybridized carbons (Fsp3) is 0.538. The highest BCUT2D eigenvalue weighted by atomic mass is 14.9. The maximum absolute atomic E-state index is 3.51. The van der Waals surface area contributed by atoms with Crippen LogP contribution in [0.1, 0.15) is 31.9 Å². The summed E-state index contributed by atoms with van der Waals surface area (Å²) >= 11 is 0. The first-order chi connectivity index (χ1) is 7.04. The molecule has 0 saturated heterocycles. The van der Waals surface area contributed by atoms with Gasteiger partial charge in [0.15, 0.2) is 0 Å².